The van der Waals surface area contributed by atoms with Crippen LogP contribution in [0.2, 0.25) is 0 Å². The smallest absolute Gasteiger partial charge is 0.152 e. The minimum atomic E-state index is -0.239. The van der Waals surface area contributed by atoms with Gasteiger partial charge in [-0.05, 0) is 61.5 Å². The molecule has 28 heavy (non-hydrogen) atoms. The summed E-state index contributed by atoms with van der Waals surface area (Å²) in [7, 11) is 0. The van der Waals surface area contributed by atoms with E-state index in [1.165, 1.54) is 68.9 Å². The van der Waals surface area contributed by atoms with Crippen molar-refractivity contribution < 1.29 is 9.29 Å². The molecule has 3 aromatic rings. The molecule has 146 valence electrons. The lowest BCUT2D eigenvalue weighted by atomic mass is 9.94. The third-order valence-electron chi connectivity index (χ3n) is 6.24. The van der Waals surface area contributed by atoms with Gasteiger partial charge in [0.25, 0.3) is 0 Å². The van der Waals surface area contributed by atoms with Crippen molar-refractivity contribution >= 4 is 27.6 Å². The zero-order chi connectivity index (χ0) is 18.9. The number of anilines is 1. The molecule has 0 atom stereocenters. The molecule has 1 aromatic carbocycles. The summed E-state index contributed by atoms with van der Waals surface area (Å²) in [5, 5.41) is 0. The highest BCUT2D eigenvalue weighted by Gasteiger charge is 2.30. The zero-order valence-electron chi connectivity index (χ0n) is 15.9. The second-order valence-electron chi connectivity index (χ2n) is 7.89. The molecule has 1 saturated heterocycles. The molecule has 2 aromatic heterocycles. The largest absolute Gasteiger partial charge is 0.344 e. The van der Waals surface area contributed by atoms with Crippen LogP contribution in [0.5, 0.6) is 0 Å². The van der Waals surface area contributed by atoms with E-state index in [0.29, 0.717) is 0 Å². The van der Waals surface area contributed by atoms with E-state index in [-0.39, 0.29) is 5.82 Å². The van der Waals surface area contributed by atoms with Crippen LogP contribution in [0.15, 0.2) is 30.6 Å². The van der Waals surface area contributed by atoms with Crippen LogP contribution in [0.3, 0.4) is 0 Å². The summed E-state index contributed by atoms with van der Waals surface area (Å²) in [6.07, 6.45) is 8.64. The molecule has 3 heterocycles. The molecule has 1 aliphatic heterocycles. The molecular weight excluding hydrogens is 373 g/mol. The van der Waals surface area contributed by atoms with Gasteiger partial charge in [-0.2, -0.15) is 4.37 Å². The second kappa shape index (κ2) is 7.72. The van der Waals surface area contributed by atoms with E-state index in [0.717, 1.165) is 46.4 Å². The number of hydrogen-bond donors (Lipinski definition) is 1. The monoisotopic (exact) mass is 398 g/mol. The fourth-order valence-corrected chi connectivity index (χ4v) is 5.57. The second-order valence-corrected chi connectivity index (χ2v) is 8.67. The summed E-state index contributed by atoms with van der Waals surface area (Å²) in [4.78, 5) is 13.3. The molecule has 1 saturated carbocycles. The number of hydrogen-bond acceptors (Lipinski definition) is 5. The molecule has 0 unspecified atom stereocenters. The SMILES string of the molecule is Fc1ccc(-c2nsc3c(N4CC[NH+](C5CCCCC5)CC4)ncnc23)cc1. The van der Waals surface area contributed by atoms with Gasteiger partial charge in [-0.25, -0.2) is 14.4 Å². The standard InChI is InChI=1S/C21H24FN5S/c22-16-8-6-15(7-9-16)18-19-20(28-25-18)21(24-14-23-19)27-12-10-26(11-13-27)17-4-2-1-3-5-17/h6-9,14,17H,1-5,10-13H2/p+1. The van der Waals surface area contributed by atoms with Crippen LogP contribution in [-0.2, 0) is 0 Å². The van der Waals surface area contributed by atoms with Crippen molar-refractivity contribution in [2.45, 2.75) is 38.1 Å². The number of fused-ring (bicyclic) bond motifs is 1. The first-order valence-electron chi connectivity index (χ1n) is 10.3. The highest BCUT2D eigenvalue weighted by atomic mass is 32.1. The van der Waals surface area contributed by atoms with Crippen LogP contribution >= 0.6 is 11.5 Å². The van der Waals surface area contributed by atoms with E-state index in [4.69, 9.17) is 0 Å². The number of piperazine rings is 1. The van der Waals surface area contributed by atoms with Gasteiger partial charge in [-0.15, -0.1) is 0 Å². The Balaban J connectivity index is 1.37. The Morgan fingerprint density at radius 3 is 2.50 bits per heavy atom. The van der Waals surface area contributed by atoms with Crippen molar-refractivity contribution in [1.82, 2.24) is 14.3 Å². The Hall–Kier alpha value is -2.12. The van der Waals surface area contributed by atoms with Crippen LogP contribution < -0.4 is 9.80 Å². The number of quaternary nitrogens is 1. The summed E-state index contributed by atoms with van der Waals surface area (Å²) in [5.74, 6) is 0.760. The van der Waals surface area contributed by atoms with Crippen molar-refractivity contribution in [3.63, 3.8) is 0 Å². The van der Waals surface area contributed by atoms with E-state index >= 15 is 0 Å². The van der Waals surface area contributed by atoms with E-state index in [9.17, 15) is 4.39 Å². The first-order chi connectivity index (χ1) is 13.8. The van der Waals surface area contributed by atoms with Crippen LogP contribution in [0.1, 0.15) is 32.1 Å². The topological polar surface area (TPSA) is 46.4 Å². The summed E-state index contributed by atoms with van der Waals surface area (Å²) in [5.41, 5.74) is 2.57. The molecular formula is C21H25FN5S+. The number of nitrogens with one attached hydrogen (secondary N) is 1. The summed E-state index contributed by atoms with van der Waals surface area (Å²) in [6, 6.07) is 7.32. The molecule has 0 radical (unpaired) electrons. The van der Waals surface area contributed by atoms with Crippen LogP contribution in [0, 0.1) is 5.82 Å². The molecule has 1 aliphatic carbocycles. The fourth-order valence-electron chi connectivity index (χ4n) is 4.70. The average molecular weight is 399 g/mol. The number of aromatic nitrogens is 3. The molecule has 5 nitrogen and oxygen atoms in total. The molecule has 0 bridgehead atoms. The fraction of sp³-hybridized carbons (Fsp3) is 0.476. The predicted molar refractivity (Wildman–Crippen MR) is 110 cm³/mol. The maximum Gasteiger partial charge on any atom is 0.152 e. The minimum absolute atomic E-state index is 0.239. The Kier molecular flexibility index (Phi) is 4.94. The van der Waals surface area contributed by atoms with Gasteiger partial charge in [0.1, 0.15) is 28.1 Å². The van der Waals surface area contributed by atoms with E-state index in [2.05, 4.69) is 19.2 Å². The van der Waals surface area contributed by atoms with Crippen molar-refractivity contribution in [2.24, 2.45) is 0 Å². The van der Waals surface area contributed by atoms with Crippen LogP contribution in [0.4, 0.5) is 10.2 Å². The first kappa shape index (κ1) is 17.9. The van der Waals surface area contributed by atoms with Crippen LogP contribution in [0.25, 0.3) is 21.5 Å². The van der Waals surface area contributed by atoms with Crippen LogP contribution in [-0.4, -0.2) is 46.6 Å². The third kappa shape index (κ3) is 3.37. The lowest BCUT2D eigenvalue weighted by molar-refractivity contribution is -0.927. The Morgan fingerprint density at radius 2 is 1.75 bits per heavy atom. The zero-order valence-corrected chi connectivity index (χ0v) is 16.7. The minimum Gasteiger partial charge on any atom is -0.344 e. The van der Waals surface area contributed by atoms with Crippen molar-refractivity contribution in [2.75, 3.05) is 31.1 Å². The van der Waals surface area contributed by atoms with Gasteiger partial charge in [-0.3, -0.25) is 0 Å². The van der Waals surface area contributed by atoms with Crippen molar-refractivity contribution in [3.8, 4) is 11.3 Å². The normalized spacial score (nSPS) is 19.4. The summed E-state index contributed by atoms with van der Waals surface area (Å²) < 4.78 is 18.9. The number of rotatable bonds is 3. The maximum atomic E-state index is 13.3. The lowest BCUT2D eigenvalue weighted by Crippen LogP contribution is -3.18. The quantitative estimate of drug-likeness (QED) is 0.737. The van der Waals surface area contributed by atoms with Gasteiger partial charge < -0.3 is 9.80 Å². The molecule has 2 aliphatic rings. The highest BCUT2D eigenvalue weighted by Crippen LogP contribution is 2.34. The Bertz CT molecular complexity index is 943. The number of halogens is 1. The lowest BCUT2D eigenvalue weighted by Gasteiger charge is -2.38. The van der Waals surface area contributed by atoms with Gasteiger partial charge in [0.2, 0.25) is 0 Å². The summed E-state index contributed by atoms with van der Waals surface area (Å²) in [6.45, 7) is 4.42. The summed E-state index contributed by atoms with van der Waals surface area (Å²) >= 11 is 1.44. The van der Waals surface area contributed by atoms with Crippen molar-refractivity contribution in [1.29, 1.82) is 0 Å². The third-order valence-corrected chi connectivity index (χ3v) is 7.08. The molecule has 5 rings (SSSR count). The molecule has 1 N–H and O–H groups in total. The molecule has 2 fully saturated rings. The van der Waals surface area contributed by atoms with Gasteiger partial charge >= 0.3 is 0 Å². The van der Waals surface area contributed by atoms with E-state index in [1.54, 1.807) is 23.4 Å². The predicted octanol–water partition coefficient (Wildman–Crippen LogP) is 2.93. The van der Waals surface area contributed by atoms with E-state index in [1.807, 2.05) is 0 Å². The van der Waals surface area contributed by atoms with Crippen molar-refractivity contribution in [3.05, 3.63) is 36.4 Å². The first-order valence-corrected chi connectivity index (χ1v) is 11.0. The number of benzene rings is 1. The Labute approximate surface area is 168 Å². The molecule has 0 amide bonds. The van der Waals surface area contributed by atoms with Gasteiger partial charge in [0, 0.05) is 5.56 Å². The molecule has 0 spiro atoms. The Morgan fingerprint density at radius 1 is 1.00 bits per heavy atom. The van der Waals surface area contributed by atoms with Gasteiger partial charge in [-0.1, -0.05) is 6.42 Å². The maximum absolute atomic E-state index is 13.3. The highest BCUT2D eigenvalue weighted by molar-refractivity contribution is 7.14. The van der Waals surface area contributed by atoms with E-state index < -0.39 is 0 Å². The average Bonchev–Trinajstić information content (AvgIpc) is 3.19. The van der Waals surface area contributed by atoms with Gasteiger partial charge in [0.05, 0.1) is 32.2 Å². The molecule has 7 heteroatoms. The number of nitrogens with zero attached hydrogens (tertiary/aromatic N) is 4. The van der Waals surface area contributed by atoms with Gasteiger partial charge in [0.15, 0.2) is 5.82 Å².